The number of carbonyl (C=O) groups excluding carboxylic acids is 2. The summed E-state index contributed by atoms with van der Waals surface area (Å²) in [5, 5.41) is 2.98. The van der Waals surface area contributed by atoms with Crippen LogP contribution in [-0.2, 0) is 26.2 Å². The lowest BCUT2D eigenvalue weighted by Gasteiger charge is -2.34. The molecule has 40 heavy (non-hydrogen) atoms. The third kappa shape index (κ3) is 7.63. The zero-order valence-electron chi connectivity index (χ0n) is 23.6. The van der Waals surface area contributed by atoms with E-state index in [1.807, 2.05) is 51.1 Å². The minimum atomic E-state index is -4.17. The molecule has 0 spiro atoms. The van der Waals surface area contributed by atoms with Crippen LogP contribution >= 0.6 is 0 Å². The second-order valence-corrected chi connectivity index (χ2v) is 11.3. The molecule has 0 heterocycles. The van der Waals surface area contributed by atoms with Crippen molar-refractivity contribution in [3.05, 3.63) is 90.5 Å². The van der Waals surface area contributed by atoms with Gasteiger partial charge in [0.15, 0.2) is 0 Å². The molecule has 0 saturated heterocycles. The van der Waals surface area contributed by atoms with Gasteiger partial charge in [-0.05, 0) is 56.5 Å². The molecular formula is C31H39N3O5S. The number of rotatable bonds is 14. The second-order valence-electron chi connectivity index (χ2n) is 9.47. The van der Waals surface area contributed by atoms with Crippen LogP contribution in [0.5, 0.6) is 5.75 Å². The van der Waals surface area contributed by atoms with Crippen LogP contribution in [0.1, 0.15) is 46.1 Å². The van der Waals surface area contributed by atoms with E-state index in [1.165, 1.54) is 17.0 Å². The summed E-state index contributed by atoms with van der Waals surface area (Å²) in [6.45, 7) is 7.49. The van der Waals surface area contributed by atoms with Gasteiger partial charge in [0.2, 0.25) is 11.8 Å². The van der Waals surface area contributed by atoms with Crippen LogP contribution in [0.25, 0.3) is 0 Å². The van der Waals surface area contributed by atoms with E-state index in [0.29, 0.717) is 18.8 Å². The van der Waals surface area contributed by atoms with E-state index in [1.54, 1.807) is 49.4 Å². The van der Waals surface area contributed by atoms with Gasteiger partial charge >= 0.3 is 0 Å². The molecule has 0 saturated carbocycles. The maximum atomic E-state index is 14.1. The second kappa shape index (κ2) is 14.5. The number of carbonyl (C=O) groups is 2. The van der Waals surface area contributed by atoms with Gasteiger partial charge in [0, 0.05) is 12.6 Å². The third-order valence-corrected chi connectivity index (χ3v) is 8.40. The summed E-state index contributed by atoms with van der Waals surface area (Å²) in [5.41, 5.74) is 1.08. The van der Waals surface area contributed by atoms with Gasteiger partial charge in [-0.25, -0.2) is 8.42 Å². The standard InChI is InChI=1S/C31H39N3O5S/c1-5-24(4)32-31(36)27(6-2)33(22-25-16-10-8-11-17-25)30(35)23-34(28-20-14-15-21-29(28)39-7-3)40(37,38)26-18-12-9-13-19-26/h8-21,24,27H,5-7,22-23H2,1-4H3,(H,32,36)/t24-,27+/m0/s1. The van der Waals surface area contributed by atoms with E-state index in [4.69, 9.17) is 4.74 Å². The molecule has 214 valence electrons. The van der Waals surface area contributed by atoms with Crippen molar-refractivity contribution in [2.24, 2.45) is 0 Å². The molecule has 0 bridgehead atoms. The molecule has 3 aromatic carbocycles. The highest BCUT2D eigenvalue weighted by Gasteiger charge is 2.34. The lowest BCUT2D eigenvalue weighted by Crippen LogP contribution is -2.53. The van der Waals surface area contributed by atoms with Crippen molar-refractivity contribution < 1.29 is 22.7 Å². The Labute approximate surface area is 238 Å². The van der Waals surface area contributed by atoms with Crippen LogP contribution in [0.4, 0.5) is 5.69 Å². The highest BCUT2D eigenvalue weighted by Crippen LogP contribution is 2.33. The first kappa shape index (κ1) is 30.7. The SMILES string of the molecule is CCOc1ccccc1N(CC(=O)N(Cc1ccccc1)[C@H](CC)C(=O)N[C@@H](C)CC)S(=O)(=O)c1ccccc1. The number of hydrogen-bond acceptors (Lipinski definition) is 5. The number of ether oxygens (including phenoxy) is 1. The Hall–Kier alpha value is -3.85. The van der Waals surface area contributed by atoms with Crippen molar-refractivity contribution in [1.82, 2.24) is 10.2 Å². The molecule has 0 aromatic heterocycles. The van der Waals surface area contributed by atoms with Gasteiger partial charge in [0.1, 0.15) is 18.3 Å². The van der Waals surface area contributed by atoms with Crippen molar-refractivity contribution in [3.8, 4) is 5.75 Å². The van der Waals surface area contributed by atoms with Crippen LogP contribution in [0.3, 0.4) is 0 Å². The Morgan fingerprint density at radius 1 is 0.850 bits per heavy atom. The van der Waals surface area contributed by atoms with Gasteiger partial charge in [-0.3, -0.25) is 13.9 Å². The summed E-state index contributed by atoms with van der Waals surface area (Å²) in [6, 6.07) is 23.2. The number of nitrogens with one attached hydrogen (secondary N) is 1. The quantitative estimate of drug-likeness (QED) is 0.297. The maximum Gasteiger partial charge on any atom is 0.264 e. The number of hydrogen-bond donors (Lipinski definition) is 1. The summed E-state index contributed by atoms with van der Waals surface area (Å²) < 4.78 is 34.8. The van der Waals surface area contributed by atoms with Gasteiger partial charge in [0.05, 0.1) is 17.2 Å². The van der Waals surface area contributed by atoms with Crippen LogP contribution in [-0.4, -0.2) is 50.4 Å². The van der Waals surface area contributed by atoms with Crippen molar-refractivity contribution in [1.29, 1.82) is 0 Å². The summed E-state index contributed by atoms with van der Waals surface area (Å²) >= 11 is 0. The summed E-state index contributed by atoms with van der Waals surface area (Å²) in [4.78, 5) is 29.0. The number of amides is 2. The van der Waals surface area contributed by atoms with Gasteiger partial charge < -0.3 is 15.0 Å². The fraction of sp³-hybridized carbons (Fsp3) is 0.355. The smallest absolute Gasteiger partial charge is 0.264 e. The predicted molar refractivity (Wildman–Crippen MR) is 158 cm³/mol. The van der Waals surface area contributed by atoms with E-state index in [9.17, 15) is 18.0 Å². The van der Waals surface area contributed by atoms with Gasteiger partial charge in [0.25, 0.3) is 10.0 Å². The van der Waals surface area contributed by atoms with Crippen molar-refractivity contribution in [2.45, 2.75) is 64.1 Å². The Bertz CT molecular complexity index is 1350. The van der Waals surface area contributed by atoms with Crippen molar-refractivity contribution in [3.63, 3.8) is 0 Å². The lowest BCUT2D eigenvalue weighted by atomic mass is 10.1. The molecule has 3 aromatic rings. The maximum absolute atomic E-state index is 14.1. The zero-order valence-corrected chi connectivity index (χ0v) is 24.4. The molecule has 9 heteroatoms. The molecule has 0 aliphatic carbocycles. The largest absolute Gasteiger partial charge is 0.492 e. The summed E-state index contributed by atoms with van der Waals surface area (Å²) in [5.74, 6) is -0.428. The molecule has 0 aliphatic rings. The number of anilines is 1. The number of para-hydroxylation sites is 2. The topological polar surface area (TPSA) is 96.0 Å². The minimum absolute atomic E-state index is 0.0465. The third-order valence-electron chi connectivity index (χ3n) is 6.63. The molecule has 0 aliphatic heterocycles. The molecule has 2 atom stereocenters. The van der Waals surface area contributed by atoms with Crippen LogP contribution in [0.15, 0.2) is 89.8 Å². The average Bonchev–Trinajstić information content (AvgIpc) is 2.97. The van der Waals surface area contributed by atoms with Crippen molar-refractivity contribution >= 4 is 27.5 Å². The van der Waals surface area contributed by atoms with E-state index in [2.05, 4.69) is 5.32 Å². The Balaban J connectivity index is 2.08. The Kier molecular flexibility index (Phi) is 11.1. The van der Waals surface area contributed by atoms with E-state index in [0.717, 1.165) is 16.3 Å². The van der Waals surface area contributed by atoms with E-state index < -0.39 is 28.5 Å². The van der Waals surface area contributed by atoms with Crippen LogP contribution in [0.2, 0.25) is 0 Å². The Morgan fingerprint density at radius 3 is 2.05 bits per heavy atom. The average molecular weight is 566 g/mol. The van der Waals surface area contributed by atoms with Crippen LogP contribution < -0.4 is 14.4 Å². The molecule has 0 unspecified atom stereocenters. The van der Waals surface area contributed by atoms with Crippen molar-refractivity contribution in [2.75, 3.05) is 17.5 Å². The van der Waals surface area contributed by atoms with Crippen LogP contribution in [0, 0.1) is 0 Å². The molecule has 0 radical (unpaired) electrons. The summed E-state index contributed by atoms with van der Waals surface area (Å²) in [7, 11) is -4.17. The summed E-state index contributed by atoms with van der Waals surface area (Å²) in [6.07, 6.45) is 1.11. The molecule has 0 fully saturated rings. The highest BCUT2D eigenvalue weighted by molar-refractivity contribution is 7.92. The highest BCUT2D eigenvalue weighted by atomic mass is 32.2. The Morgan fingerprint density at radius 2 is 1.45 bits per heavy atom. The normalized spacial score (nSPS) is 12.7. The zero-order chi connectivity index (χ0) is 29.1. The number of benzene rings is 3. The number of nitrogens with zero attached hydrogens (tertiary/aromatic N) is 2. The minimum Gasteiger partial charge on any atom is -0.492 e. The monoisotopic (exact) mass is 565 g/mol. The molecule has 2 amide bonds. The predicted octanol–water partition coefficient (Wildman–Crippen LogP) is 5.00. The molecule has 8 nitrogen and oxygen atoms in total. The number of sulfonamides is 1. The van der Waals surface area contributed by atoms with E-state index >= 15 is 0 Å². The van der Waals surface area contributed by atoms with Gasteiger partial charge in [-0.1, -0.05) is 74.5 Å². The first-order valence-corrected chi connectivity index (χ1v) is 15.1. The molecular weight excluding hydrogens is 526 g/mol. The first-order chi connectivity index (χ1) is 19.2. The van der Waals surface area contributed by atoms with Gasteiger partial charge in [-0.15, -0.1) is 0 Å². The molecule has 3 rings (SSSR count). The lowest BCUT2D eigenvalue weighted by molar-refractivity contribution is -0.140. The van der Waals surface area contributed by atoms with Gasteiger partial charge in [-0.2, -0.15) is 0 Å². The molecule has 1 N–H and O–H groups in total. The fourth-order valence-corrected chi connectivity index (χ4v) is 5.76. The fourth-order valence-electron chi connectivity index (χ4n) is 4.31. The van der Waals surface area contributed by atoms with E-state index in [-0.39, 0.29) is 29.1 Å². The first-order valence-electron chi connectivity index (χ1n) is 13.7.